The maximum Gasteiger partial charge on any atom is 0.227 e. The highest BCUT2D eigenvalue weighted by Gasteiger charge is 2.26. The molecule has 1 aliphatic rings. The van der Waals surface area contributed by atoms with Crippen LogP contribution in [-0.4, -0.2) is 65.5 Å². The Labute approximate surface area is 148 Å². The number of piperazine rings is 1. The minimum Gasteiger partial charge on any atom is -0.340 e. The second-order valence-corrected chi connectivity index (χ2v) is 8.77. The highest BCUT2D eigenvalue weighted by Crippen LogP contribution is 2.19. The second kappa shape index (κ2) is 6.76. The molecule has 1 fully saturated rings. The molecule has 3 rings (SSSR count). The van der Waals surface area contributed by atoms with Gasteiger partial charge in [-0.3, -0.25) is 4.79 Å². The molecule has 2 heterocycles. The van der Waals surface area contributed by atoms with Gasteiger partial charge in [-0.05, 0) is 31.5 Å². The molecule has 1 saturated heterocycles. The summed E-state index contributed by atoms with van der Waals surface area (Å²) in [6.45, 7) is 5.82. The van der Waals surface area contributed by atoms with E-state index in [1.807, 2.05) is 24.5 Å². The summed E-state index contributed by atoms with van der Waals surface area (Å²) in [5.41, 5.74) is 2.88. The third-order valence-corrected chi connectivity index (χ3v) is 5.91. The largest absolute Gasteiger partial charge is 0.340 e. The van der Waals surface area contributed by atoms with Crippen LogP contribution >= 0.6 is 0 Å². The number of carbonyl (C=O) groups excluding carboxylic acids is 1. The fourth-order valence-corrected chi connectivity index (χ4v) is 3.98. The smallest absolute Gasteiger partial charge is 0.227 e. The highest BCUT2D eigenvalue weighted by molar-refractivity contribution is 7.88. The first-order valence-corrected chi connectivity index (χ1v) is 10.3. The molecule has 1 aliphatic heterocycles. The molecule has 8 heteroatoms. The van der Waals surface area contributed by atoms with E-state index in [2.05, 4.69) is 23.4 Å². The number of amides is 1. The van der Waals surface area contributed by atoms with Crippen LogP contribution < -0.4 is 0 Å². The van der Waals surface area contributed by atoms with E-state index in [0.717, 1.165) is 16.6 Å². The number of hydrogen-bond donors (Lipinski definition) is 0. The zero-order valence-electron chi connectivity index (χ0n) is 14.8. The Morgan fingerprint density at radius 3 is 2.48 bits per heavy atom. The van der Waals surface area contributed by atoms with Crippen molar-refractivity contribution < 1.29 is 13.2 Å². The van der Waals surface area contributed by atoms with Gasteiger partial charge in [0.1, 0.15) is 0 Å². The molecular formula is C17H24N4O3S. The lowest BCUT2D eigenvalue weighted by Crippen LogP contribution is -2.50. The van der Waals surface area contributed by atoms with Gasteiger partial charge in [0.2, 0.25) is 15.9 Å². The van der Waals surface area contributed by atoms with E-state index in [1.54, 1.807) is 4.90 Å². The quantitative estimate of drug-likeness (QED) is 0.819. The molecule has 0 atom stereocenters. The summed E-state index contributed by atoms with van der Waals surface area (Å²) in [7, 11) is -3.18. The molecule has 0 saturated carbocycles. The lowest BCUT2D eigenvalue weighted by molar-refractivity contribution is -0.131. The van der Waals surface area contributed by atoms with Gasteiger partial charge in [0.15, 0.2) is 0 Å². The molecule has 136 valence electrons. The average molecular weight is 364 g/mol. The Morgan fingerprint density at radius 2 is 1.88 bits per heavy atom. The first kappa shape index (κ1) is 17.9. The Morgan fingerprint density at radius 1 is 1.20 bits per heavy atom. The van der Waals surface area contributed by atoms with Gasteiger partial charge in [0, 0.05) is 32.2 Å². The van der Waals surface area contributed by atoms with Crippen LogP contribution in [-0.2, 0) is 21.2 Å². The molecule has 1 amide bonds. The Hall–Kier alpha value is -1.93. The summed E-state index contributed by atoms with van der Waals surface area (Å²) >= 11 is 0. The minimum absolute atomic E-state index is 0.0239. The van der Waals surface area contributed by atoms with Gasteiger partial charge in [-0.2, -0.15) is 4.31 Å². The number of carbonyl (C=O) groups is 1. The van der Waals surface area contributed by atoms with E-state index in [-0.39, 0.29) is 5.91 Å². The van der Waals surface area contributed by atoms with Crippen LogP contribution in [0, 0.1) is 0 Å². The molecule has 2 aromatic rings. The Bertz CT molecular complexity index is 880. The van der Waals surface area contributed by atoms with Crippen LogP contribution in [0.3, 0.4) is 0 Å². The fourth-order valence-electron chi connectivity index (χ4n) is 3.15. The minimum atomic E-state index is -3.18. The first-order chi connectivity index (χ1) is 11.8. The fraction of sp³-hybridized carbons (Fsp3) is 0.529. The van der Waals surface area contributed by atoms with E-state index in [0.29, 0.717) is 38.6 Å². The summed E-state index contributed by atoms with van der Waals surface area (Å²) in [5, 5.41) is 0. The lowest BCUT2D eigenvalue weighted by Gasteiger charge is -2.33. The van der Waals surface area contributed by atoms with Gasteiger partial charge in [-0.1, -0.05) is 6.07 Å². The Balaban J connectivity index is 1.66. The number of nitrogens with zero attached hydrogens (tertiary/aromatic N) is 4. The number of aromatic nitrogens is 2. The van der Waals surface area contributed by atoms with Gasteiger partial charge in [-0.15, -0.1) is 0 Å². The number of rotatable bonds is 4. The predicted octanol–water partition coefficient (Wildman–Crippen LogP) is 1.26. The van der Waals surface area contributed by atoms with Crippen molar-refractivity contribution in [2.45, 2.75) is 26.3 Å². The predicted molar refractivity (Wildman–Crippen MR) is 96.8 cm³/mol. The van der Waals surface area contributed by atoms with Gasteiger partial charge in [0.25, 0.3) is 0 Å². The normalized spacial score (nSPS) is 16.7. The van der Waals surface area contributed by atoms with E-state index in [4.69, 9.17) is 0 Å². The second-order valence-electron chi connectivity index (χ2n) is 6.79. The molecule has 0 spiro atoms. The molecule has 0 aliphatic carbocycles. The van der Waals surface area contributed by atoms with Crippen LogP contribution in [0.5, 0.6) is 0 Å². The van der Waals surface area contributed by atoms with Crippen molar-refractivity contribution >= 4 is 27.0 Å². The summed E-state index contributed by atoms with van der Waals surface area (Å²) in [5.74, 6) is 0.0239. The van der Waals surface area contributed by atoms with E-state index >= 15 is 0 Å². The van der Waals surface area contributed by atoms with Crippen LogP contribution in [0.2, 0.25) is 0 Å². The van der Waals surface area contributed by atoms with Gasteiger partial charge >= 0.3 is 0 Å². The molecule has 1 aromatic heterocycles. The molecule has 0 unspecified atom stereocenters. The topological polar surface area (TPSA) is 75.5 Å². The van der Waals surface area contributed by atoms with Crippen molar-refractivity contribution in [1.29, 1.82) is 0 Å². The highest BCUT2D eigenvalue weighted by atomic mass is 32.2. The number of sulfonamides is 1. The maximum absolute atomic E-state index is 12.5. The van der Waals surface area contributed by atoms with Gasteiger partial charge in [-0.25, -0.2) is 13.4 Å². The zero-order valence-corrected chi connectivity index (χ0v) is 15.7. The summed E-state index contributed by atoms with van der Waals surface area (Å²) in [4.78, 5) is 18.7. The molecule has 0 radical (unpaired) electrons. The van der Waals surface area contributed by atoms with Gasteiger partial charge < -0.3 is 9.47 Å². The number of hydrogen-bond acceptors (Lipinski definition) is 4. The van der Waals surface area contributed by atoms with Crippen molar-refractivity contribution in [1.82, 2.24) is 18.8 Å². The van der Waals surface area contributed by atoms with Crippen LogP contribution in [0.4, 0.5) is 0 Å². The molecule has 7 nitrogen and oxygen atoms in total. The van der Waals surface area contributed by atoms with Crippen LogP contribution in [0.1, 0.15) is 25.5 Å². The molecule has 25 heavy (non-hydrogen) atoms. The maximum atomic E-state index is 12.5. The third kappa shape index (κ3) is 3.85. The van der Waals surface area contributed by atoms with Crippen molar-refractivity contribution in [3.63, 3.8) is 0 Å². The van der Waals surface area contributed by atoms with Gasteiger partial charge in [0.05, 0.1) is 30.0 Å². The molecule has 0 bridgehead atoms. The average Bonchev–Trinajstić information content (AvgIpc) is 2.97. The van der Waals surface area contributed by atoms with Crippen molar-refractivity contribution in [2.75, 3.05) is 32.4 Å². The van der Waals surface area contributed by atoms with Crippen LogP contribution in [0.25, 0.3) is 11.0 Å². The molecule has 0 N–H and O–H groups in total. The molecule has 1 aromatic carbocycles. The summed E-state index contributed by atoms with van der Waals surface area (Å²) < 4.78 is 26.6. The van der Waals surface area contributed by atoms with Crippen molar-refractivity contribution in [2.24, 2.45) is 0 Å². The van der Waals surface area contributed by atoms with Crippen LogP contribution in [0.15, 0.2) is 24.5 Å². The van der Waals surface area contributed by atoms with E-state index in [9.17, 15) is 13.2 Å². The summed E-state index contributed by atoms with van der Waals surface area (Å²) in [6, 6.07) is 6.27. The third-order valence-electron chi connectivity index (χ3n) is 4.61. The number of fused-ring (bicyclic) bond motifs is 1. The monoisotopic (exact) mass is 364 g/mol. The SMILES string of the molecule is CC(C)n1cnc2cc(CC(=O)N3CCN(S(C)(=O)=O)CC3)ccc21. The Kier molecular flexibility index (Phi) is 4.83. The first-order valence-electron chi connectivity index (χ1n) is 8.44. The van der Waals surface area contributed by atoms with Crippen molar-refractivity contribution in [3.8, 4) is 0 Å². The van der Waals surface area contributed by atoms with E-state index in [1.165, 1.54) is 10.6 Å². The lowest BCUT2D eigenvalue weighted by atomic mass is 10.1. The number of benzene rings is 1. The zero-order chi connectivity index (χ0) is 18.2. The molecular weight excluding hydrogens is 340 g/mol. The standard InChI is InChI=1S/C17H24N4O3S/c1-13(2)21-12-18-15-10-14(4-5-16(15)21)11-17(22)19-6-8-20(9-7-19)25(3,23)24/h4-5,10,12-13H,6-9,11H2,1-3H3. The number of imidazole rings is 1. The van der Waals surface area contributed by atoms with E-state index < -0.39 is 10.0 Å². The summed E-state index contributed by atoms with van der Waals surface area (Å²) in [6.07, 6.45) is 3.34. The van der Waals surface area contributed by atoms with Crippen molar-refractivity contribution in [3.05, 3.63) is 30.1 Å².